The minimum absolute atomic E-state index is 0. The highest BCUT2D eigenvalue weighted by molar-refractivity contribution is 6.10. The van der Waals surface area contributed by atoms with Gasteiger partial charge in [-0.2, -0.15) is 4.68 Å². The standard InChI is InChI=1S/C21H17N5O4.ClH/c1-29-17-11-15-16(12-18(17)30-2)26(21(28)14-5-9-23-10-6-14)25-19(15)24-20(27)13-3-7-22-8-4-13;/h3-12H,1-2H3,(H,24,25,27);1H. The summed E-state index contributed by atoms with van der Waals surface area (Å²) in [7, 11) is 3.01. The van der Waals surface area contributed by atoms with Crippen LogP contribution in [0.25, 0.3) is 10.9 Å². The second-order valence-corrected chi connectivity index (χ2v) is 6.22. The van der Waals surface area contributed by atoms with E-state index >= 15 is 0 Å². The molecular weight excluding hydrogens is 422 g/mol. The number of rotatable bonds is 5. The Kier molecular flexibility index (Phi) is 6.46. The van der Waals surface area contributed by atoms with Gasteiger partial charge in [-0.1, -0.05) is 0 Å². The fraction of sp³-hybridized carbons (Fsp3) is 0.0952. The fourth-order valence-corrected chi connectivity index (χ4v) is 2.99. The van der Waals surface area contributed by atoms with Crippen molar-refractivity contribution in [2.75, 3.05) is 19.5 Å². The van der Waals surface area contributed by atoms with Crippen molar-refractivity contribution in [1.29, 1.82) is 0 Å². The summed E-state index contributed by atoms with van der Waals surface area (Å²) in [6.07, 6.45) is 6.09. The zero-order valence-electron chi connectivity index (χ0n) is 16.6. The van der Waals surface area contributed by atoms with Crippen LogP contribution in [0.15, 0.2) is 61.2 Å². The Morgan fingerprint density at radius 2 is 1.42 bits per heavy atom. The number of hydrogen-bond acceptors (Lipinski definition) is 7. The molecule has 0 aliphatic carbocycles. The van der Waals surface area contributed by atoms with Crippen LogP contribution in [-0.4, -0.2) is 45.8 Å². The molecule has 0 atom stereocenters. The Labute approximate surface area is 183 Å². The maximum atomic E-state index is 13.1. The molecule has 0 spiro atoms. The van der Waals surface area contributed by atoms with E-state index in [-0.39, 0.29) is 30.0 Å². The third-order valence-electron chi connectivity index (χ3n) is 4.48. The SMILES string of the molecule is COc1cc2c(NC(=O)c3ccncc3)nn(C(=O)c3ccncc3)c2cc1OC.Cl. The maximum Gasteiger partial charge on any atom is 0.278 e. The van der Waals surface area contributed by atoms with Gasteiger partial charge in [0.1, 0.15) is 0 Å². The van der Waals surface area contributed by atoms with E-state index < -0.39 is 0 Å². The van der Waals surface area contributed by atoms with E-state index in [1.54, 1.807) is 36.4 Å². The second-order valence-electron chi connectivity index (χ2n) is 6.22. The number of amides is 1. The van der Waals surface area contributed by atoms with Gasteiger partial charge in [0, 0.05) is 47.4 Å². The molecule has 3 aromatic heterocycles. The molecule has 9 nitrogen and oxygen atoms in total. The summed E-state index contributed by atoms with van der Waals surface area (Å²) < 4.78 is 11.9. The topological polar surface area (TPSA) is 108 Å². The number of aromatic nitrogens is 4. The van der Waals surface area contributed by atoms with Crippen molar-refractivity contribution in [1.82, 2.24) is 19.7 Å². The number of fused-ring (bicyclic) bond motifs is 1. The molecule has 31 heavy (non-hydrogen) atoms. The van der Waals surface area contributed by atoms with E-state index in [4.69, 9.17) is 9.47 Å². The first-order valence-electron chi connectivity index (χ1n) is 8.93. The number of nitrogens with one attached hydrogen (secondary N) is 1. The molecule has 0 aliphatic rings. The number of benzene rings is 1. The van der Waals surface area contributed by atoms with Crippen molar-refractivity contribution in [3.05, 3.63) is 72.3 Å². The van der Waals surface area contributed by atoms with Crippen LogP contribution in [0.5, 0.6) is 11.5 Å². The molecule has 0 saturated heterocycles. The predicted molar refractivity (Wildman–Crippen MR) is 116 cm³/mol. The normalized spacial score (nSPS) is 10.3. The molecule has 0 fully saturated rings. The average Bonchev–Trinajstić information content (AvgIpc) is 3.15. The maximum absolute atomic E-state index is 13.1. The van der Waals surface area contributed by atoms with Crippen molar-refractivity contribution in [3.8, 4) is 11.5 Å². The lowest BCUT2D eigenvalue weighted by atomic mass is 10.2. The van der Waals surface area contributed by atoms with Crippen LogP contribution in [0.3, 0.4) is 0 Å². The van der Waals surface area contributed by atoms with Gasteiger partial charge in [-0.05, 0) is 30.3 Å². The van der Waals surface area contributed by atoms with Crippen LogP contribution in [-0.2, 0) is 0 Å². The second kappa shape index (κ2) is 9.23. The van der Waals surface area contributed by atoms with Crippen LogP contribution >= 0.6 is 12.4 Å². The van der Waals surface area contributed by atoms with E-state index in [0.717, 1.165) is 0 Å². The molecule has 1 N–H and O–H groups in total. The van der Waals surface area contributed by atoms with Crippen LogP contribution in [0.4, 0.5) is 5.82 Å². The summed E-state index contributed by atoms with van der Waals surface area (Å²) in [5, 5.41) is 7.65. The summed E-state index contributed by atoms with van der Waals surface area (Å²) in [5.41, 5.74) is 1.27. The van der Waals surface area contributed by atoms with E-state index in [2.05, 4.69) is 20.4 Å². The number of methoxy groups -OCH3 is 2. The Balaban J connectivity index is 0.00000272. The van der Waals surface area contributed by atoms with Gasteiger partial charge in [-0.15, -0.1) is 17.5 Å². The third kappa shape index (κ3) is 4.17. The fourth-order valence-electron chi connectivity index (χ4n) is 2.99. The summed E-state index contributed by atoms with van der Waals surface area (Å²) >= 11 is 0. The molecule has 4 rings (SSSR count). The van der Waals surface area contributed by atoms with Gasteiger partial charge < -0.3 is 14.8 Å². The first-order chi connectivity index (χ1) is 14.6. The zero-order chi connectivity index (χ0) is 21.1. The van der Waals surface area contributed by atoms with Gasteiger partial charge in [0.15, 0.2) is 17.3 Å². The highest BCUT2D eigenvalue weighted by atomic mass is 35.5. The highest BCUT2D eigenvalue weighted by Crippen LogP contribution is 2.35. The number of carbonyl (C=O) groups is 2. The molecule has 4 aromatic rings. The smallest absolute Gasteiger partial charge is 0.278 e. The predicted octanol–water partition coefficient (Wildman–Crippen LogP) is 3.21. The largest absolute Gasteiger partial charge is 0.493 e. The zero-order valence-corrected chi connectivity index (χ0v) is 17.4. The molecular formula is C21H18ClN5O4. The van der Waals surface area contributed by atoms with Gasteiger partial charge in [0.05, 0.1) is 19.7 Å². The molecule has 1 amide bonds. The van der Waals surface area contributed by atoms with Crippen molar-refractivity contribution in [2.24, 2.45) is 0 Å². The lowest BCUT2D eigenvalue weighted by molar-refractivity contribution is 0.0948. The highest BCUT2D eigenvalue weighted by Gasteiger charge is 2.21. The molecule has 0 saturated carbocycles. The molecule has 0 unspecified atom stereocenters. The van der Waals surface area contributed by atoms with E-state index in [1.165, 1.54) is 43.7 Å². The number of pyridine rings is 2. The average molecular weight is 440 g/mol. The van der Waals surface area contributed by atoms with Gasteiger partial charge in [0.2, 0.25) is 0 Å². The molecule has 0 aliphatic heterocycles. The Hall–Kier alpha value is -3.98. The summed E-state index contributed by atoms with van der Waals surface area (Å²) in [6, 6.07) is 9.65. The van der Waals surface area contributed by atoms with E-state index in [9.17, 15) is 9.59 Å². The number of hydrogen-bond donors (Lipinski definition) is 1. The molecule has 158 valence electrons. The van der Waals surface area contributed by atoms with Crippen LogP contribution in [0.2, 0.25) is 0 Å². The first kappa shape index (κ1) is 21.7. The van der Waals surface area contributed by atoms with Crippen molar-refractivity contribution in [3.63, 3.8) is 0 Å². The first-order valence-corrected chi connectivity index (χ1v) is 8.93. The van der Waals surface area contributed by atoms with Crippen molar-refractivity contribution in [2.45, 2.75) is 0 Å². The van der Waals surface area contributed by atoms with Crippen LogP contribution in [0, 0.1) is 0 Å². The van der Waals surface area contributed by atoms with Gasteiger partial charge in [0.25, 0.3) is 11.8 Å². The molecule has 0 bridgehead atoms. The van der Waals surface area contributed by atoms with Crippen molar-refractivity contribution >= 4 is 40.9 Å². The lowest BCUT2D eigenvalue weighted by Crippen LogP contribution is -2.16. The van der Waals surface area contributed by atoms with Crippen molar-refractivity contribution < 1.29 is 19.1 Å². The van der Waals surface area contributed by atoms with E-state index in [0.29, 0.717) is 33.5 Å². The van der Waals surface area contributed by atoms with Gasteiger partial charge >= 0.3 is 0 Å². The van der Waals surface area contributed by atoms with Gasteiger partial charge in [-0.25, -0.2) is 0 Å². The Bertz CT molecular complexity index is 1230. The number of nitrogens with zero attached hydrogens (tertiary/aromatic N) is 4. The lowest BCUT2D eigenvalue weighted by Gasteiger charge is -2.08. The number of halogens is 1. The molecule has 0 radical (unpaired) electrons. The number of ether oxygens (including phenoxy) is 2. The van der Waals surface area contributed by atoms with Crippen LogP contribution < -0.4 is 14.8 Å². The number of carbonyl (C=O) groups excluding carboxylic acids is 2. The van der Waals surface area contributed by atoms with Gasteiger partial charge in [-0.3, -0.25) is 19.6 Å². The minimum Gasteiger partial charge on any atom is -0.493 e. The quantitative estimate of drug-likeness (QED) is 0.508. The summed E-state index contributed by atoms with van der Waals surface area (Å²) in [4.78, 5) is 33.5. The minimum atomic E-state index is -0.380. The summed E-state index contributed by atoms with van der Waals surface area (Å²) in [5.74, 6) is 0.338. The molecule has 3 heterocycles. The molecule has 1 aromatic carbocycles. The number of anilines is 1. The summed E-state index contributed by atoms with van der Waals surface area (Å²) in [6.45, 7) is 0. The monoisotopic (exact) mass is 439 g/mol. The molecule has 10 heteroatoms. The Morgan fingerprint density at radius 3 is 2.00 bits per heavy atom. The Morgan fingerprint density at radius 1 is 0.871 bits per heavy atom. The third-order valence-corrected chi connectivity index (χ3v) is 4.48. The van der Waals surface area contributed by atoms with Crippen LogP contribution in [0.1, 0.15) is 20.7 Å². The van der Waals surface area contributed by atoms with E-state index in [1.807, 2.05) is 0 Å².